The highest BCUT2D eigenvalue weighted by atomic mass is 16.5. The maximum Gasteiger partial charge on any atom is 0.145 e. The van der Waals surface area contributed by atoms with Gasteiger partial charge in [-0.25, -0.2) is 4.98 Å². The predicted octanol–water partition coefficient (Wildman–Crippen LogP) is 5.87. The van der Waals surface area contributed by atoms with Crippen LogP contribution in [0.2, 0.25) is 0 Å². The summed E-state index contributed by atoms with van der Waals surface area (Å²) in [5.41, 5.74) is 5.29. The quantitative estimate of drug-likeness (QED) is 0.427. The van der Waals surface area contributed by atoms with Crippen LogP contribution in [-0.4, -0.2) is 14.4 Å². The van der Waals surface area contributed by atoms with Gasteiger partial charge in [0.1, 0.15) is 18.2 Å². The zero-order chi connectivity index (χ0) is 20.2. The minimum absolute atomic E-state index is 0.535. The lowest BCUT2D eigenvalue weighted by Crippen LogP contribution is -1.96. The number of aromatic nitrogens is 3. The van der Waals surface area contributed by atoms with E-state index in [0.29, 0.717) is 6.61 Å². The van der Waals surface area contributed by atoms with Crippen molar-refractivity contribution in [3.8, 4) is 17.1 Å². The summed E-state index contributed by atoms with van der Waals surface area (Å²) in [4.78, 5) is 9.35. The molecule has 146 valence electrons. The van der Waals surface area contributed by atoms with Crippen LogP contribution >= 0.6 is 0 Å². The molecule has 1 aliphatic rings. The van der Waals surface area contributed by atoms with E-state index in [2.05, 4.69) is 51.9 Å². The molecular weight excluding hydrogens is 370 g/mol. The number of hydrogen-bond acceptors (Lipinski definition) is 3. The van der Waals surface area contributed by atoms with Crippen LogP contribution in [0.5, 0.6) is 5.75 Å². The SMILES string of the molecule is C1=CC=C(c2nc(-c3cccc(OCc4ccccc4)c3)n3ccncc23)CC=C1. The van der Waals surface area contributed by atoms with Crippen LogP contribution < -0.4 is 4.74 Å². The van der Waals surface area contributed by atoms with E-state index in [0.717, 1.165) is 40.3 Å². The van der Waals surface area contributed by atoms with Crippen molar-refractivity contribution >= 4 is 11.1 Å². The molecule has 0 radical (unpaired) electrons. The Morgan fingerprint density at radius 2 is 1.90 bits per heavy atom. The molecule has 0 amide bonds. The topological polar surface area (TPSA) is 39.4 Å². The van der Waals surface area contributed by atoms with Crippen LogP contribution in [0.15, 0.2) is 104 Å². The van der Waals surface area contributed by atoms with Crippen LogP contribution in [0.3, 0.4) is 0 Å². The number of allylic oxidation sites excluding steroid dienone is 6. The summed E-state index contributed by atoms with van der Waals surface area (Å²) < 4.78 is 8.12. The molecule has 4 aromatic rings. The number of nitrogens with zero attached hydrogens (tertiary/aromatic N) is 3. The van der Waals surface area contributed by atoms with E-state index in [4.69, 9.17) is 9.72 Å². The number of imidazole rings is 1. The molecule has 0 spiro atoms. The molecule has 5 rings (SSSR count). The van der Waals surface area contributed by atoms with Gasteiger partial charge in [0, 0.05) is 18.0 Å². The highest BCUT2D eigenvalue weighted by Gasteiger charge is 2.16. The molecule has 4 nitrogen and oxygen atoms in total. The monoisotopic (exact) mass is 391 g/mol. The summed E-state index contributed by atoms with van der Waals surface area (Å²) in [7, 11) is 0. The smallest absolute Gasteiger partial charge is 0.145 e. The van der Waals surface area contributed by atoms with Crippen molar-refractivity contribution in [3.63, 3.8) is 0 Å². The number of hydrogen-bond donors (Lipinski definition) is 0. The highest BCUT2D eigenvalue weighted by molar-refractivity contribution is 5.80. The average molecular weight is 391 g/mol. The molecule has 4 heteroatoms. The third kappa shape index (κ3) is 3.67. The first-order valence-electron chi connectivity index (χ1n) is 10.0. The van der Waals surface area contributed by atoms with Crippen LogP contribution in [0.1, 0.15) is 17.7 Å². The molecule has 0 aliphatic heterocycles. The number of benzene rings is 2. The largest absolute Gasteiger partial charge is 0.489 e. The summed E-state index contributed by atoms with van der Waals surface area (Å²) in [5, 5.41) is 0. The van der Waals surface area contributed by atoms with E-state index in [9.17, 15) is 0 Å². The minimum atomic E-state index is 0.535. The first-order valence-corrected chi connectivity index (χ1v) is 10.0. The van der Waals surface area contributed by atoms with Crippen LogP contribution in [0.4, 0.5) is 0 Å². The molecule has 0 saturated heterocycles. The Hall–Kier alpha value is -3.92. The molecule has 2 aromatic carbocycles. The normalized spacial score (nSPS) is 13.3. The molecule has 0 bridgehead atoms. The van der Waals surface area contributed by atoms with Gasteiger partial charge in [-0.15, -0.1) is 0 Å². The van der Waals surface area contributed by atoms with Crippen molar-refractivity contribution in [2.24, 2.45) is 0 Å². The third-order valence-electron chi connectivity index (χ3n) is 5.08. The standard InChI is InChI=1S/C26H21N3O/c1-2-7-12-21(11-6-1)25-24-18-27-15-16-29(24)26(28-25)22-13-8-14-23(17-22)30-19-20-9-4-3-5-10-20/h1-11,13-18H,12,19H2. The van der Waals surface area contributed by atoms with Crippen molar-refractivity contribution in [3.05, 3.63) is 115 Å². The fourth-order valence-corrected chi connectivity index (χ4v) is 3.60. The summed E-state index contributed by atoms with van der Waals surface area (Å²) in [5.74, 6) is 1.70. The Morgan fingerprint density at radius 3 is 2.83 bits per heavy atom. The molecule has 0 saturated carbocycles. The summed E-state index contributed by atoms with van der Waals surface area (Å²) in [6, 6.07) is 18.3. The van der Waals surface area contributed by atoms with Gasteiger partial charge in [0.25, 0.3) is 0 Å². The Kier molecular flexibility index (Phi) is 4.96. The molecule has 1 aliphatic carbocycles. The van der Waals surface area contributed by atoms with E-state index < -0.39 is 0 Å². The Bertz CT molecular complexity index is 1270. The van der Waals surface area contributed by atoms with Crippen molar-refractivity contribution < 1.29 is 4.74 Å². The first kappa shape index (κ1) is 18.1. The lowest BCUT2D eigenvalue weighted by Gasteiger charge is -2.08. The van der Waals surface area contributed by atoms with Gasteiger partial charge in [0.15, 0.2) is 0 Å². The molecule has 0 atom stereocenters. The van der Waals surface area contributed by atoms with Crippen LogP contribution in [0.25, 0.3) is 22.5 Å². The van der Waals surface area contributed by atoms with E-state index in [1.54, 1.807) is 6.20 Å². The Labute approximate surface area is 175 Å². The fraction of sp³-hybridized carbons (Fsp3) is 0.0769. The van der Waals surface area contributed by atoms with Crippen molar-refractivity contribution in [2.45, 2.75) is 13.0 Å². The van der Waals surface area contributed by atoms with Gasteiger partial charge in [0.2, 0.25) is 0 Å². The van der Waals surface area contributed by atoms with Gasteiger partial charge in [-0.2, -0.15) is 0 Å². The van der Waals surface area contributed by atoms with E-state index >= 15 is 0 Å². The minimum Gasteiger partial charge on any atom is -0.489 e. The molecule has 0 fully saturated rings. The van der Waals surface area contributed by atoms with Gasteiger partial charge in [-0.1, -0.05) is 72.8 Å². The highest BCUT2D eigenvalue weighted by Crippen LogP contribution is 2.30. The van der Waals surface area contributed by atoms with Gasteiger partial charge >= 0.3 is 0 Å². The molecule has 2 aromatic heterocycles. The summed E-state index contributed by atoms with van der Waals surface area (Å²) >= 11 is 0. The molecular formula is C26H21N3O. The Morgan fingerprint density at radius 1 is 0.967 bits per heavy atom. The van der Waals surface area contributed by atoms with E-state index in [-0.39, 0.29) is 0 Å². The maximum absolute atomic E-state index is 6.03. The van der Waals surface area contributed by atoms with Gasteiger partial charge < -0.3 is 4.74 Å². The second-order valence-electron chi connectivity index (χ2n) is 7.13. The van der Waals surface area contributed by atoms with E-state index in [1.165, 1.54) is 5.57 Å². The van der Waals surface area contributed by atoms with Crippen molar-refractivity contribution in [1.82, 2.24) is 14.4 Å². The van der Waals surface area contributed by atoms with Gasteiger partial charge in [0.05, 0.1) is 17.4 Å². The molecule has 0 unspecified atom stereocenters. The Balaban J connectivity index is 1.51. The second-order valence-corrected chi connectivity index (χ2v) is 7.13. The van der Waals surface area contributed by atoms with Crippen molar-refractivity contribution in [2.75, 3.05) is 0 Å². The average Bonchev–Trinajstić information content (AvgIpc) is 2.98. The number of ether oxygens (including phenoxy) is 1. The van der Waals surface area contributed by atoms with Gasteiger partial charge in [-0.05, 0) is 29.7 Å². The van der Waals surface area contributed by atoms with Crippen LogP contribution in [0, 0.1) is 0 Å². The molecule has 0 N–H and O–H groups in total. The zero-order valence-corrected chi connectivity index (χ0v) is 16.5. The van der Waals surface area contributed by atoms with E-state index in [1.807, 2.05) is 54.9 Å². The van der Waals surface area contributed by atoms with Crippen LogP contribution in [-0.2, 0) is 6.61 Å². The number of fused-ring (bicyclic) bond motifs is 1. The first-order chi connectivity index (χ1) is 14.9. The second kappa shape index (κ2) is 8.21. The maximum atomic E-state index is 6.03. The lowest BCUT2D eigenvalue weighted by molar-refractivity contribution is 0.306. The number of rotatable bonds is 5. The van der Waals surface area contributed by atoms with Gasteiger partial charge in [-0.3, -0.25) is 9.38 Å². The van der Waals surface area contributed by atoms with Crippen molar-refractivity contribution in [1.29, 1.82) is 0 Å². The lowest BCUT2D eigenvalue weighted by atomic mass is 10.1. The predicted molar refractivity (Wildman–Crippen MR) is 120 cm³/mol. The molecule has 30 heavy (non-hydrogen) atoms. The molecule has 2 heterocycles. The summed E-state index contributed by atoms with van der Waals surface area (Å²) in [6.45, 7) is 0.535. The fourth-order valence-electron chi connectivity index (χ4n) is 3.60. The summed E-state index contributed by atoms with van der Waals surface area (Å²) in [6.07, 6.45) is 16.9. The third-order valence-corrected chi connectivity index (χ3v) is 5.08. The zero-order valence-electron chi connectivity index (χ0n) is 16.5.